The first-order valence-corrected chi connectivity index (χ1v) is 2.37. The lowest BCUT2D eigenvalue weighted by atomic mass is 10.7. The summed E-state index contributed by atoms with van der Waals surface area (Å²) in [5, 5.41) is 3.69. The fraction of sp³-hybridized carbons (Fsp3) is 0. The van der Waals surface area contributed by atoms with E-state index in [-0.39, 0.29) is 5.11 Å². The molecule has 0 spiro atoms. The maximum atomic E-state index is 5.01. The monoisotopic (exact) mass is 129 g/mol. The van der Waals surface area contributed by atoms with Crippen molar-refractivity contribution in [2.45, 2.75) is 0 Å². The van der Waals surface area contributed by atoms with Gasteiger partial charge >= 0.3 is 0 Å². The second kappa shape index (κ2) is 4.26. The molecule has 0 bridgehead atoms. The third-order valence-electron chi connectivity index (χ3n) is 0.355. The van der Waals surface area contributed by atoms with Gasteiger partial charge in [0.25, 0.3) is 0 Å². The summed E-state index contributed by atoms with van der Waals surface area (Å²) >= 11 is 4.43. The molecule has 0 rings (SSSR count). The van der Waals surface area contributed by atoms with Gasteiger partial charge in [-0.3, -0.25) is 5.43 Å². The molecule has 44 valence electrons. The Labute approximate surface area is 53.3 Å². The quantitative estimate of drug-likeness (QED) is 0.313. The molecule has 0 aromatic rings. The minimum absolute atomic E-state index is 0.156. The molecule has 0 aromatic heterocycles. The summed E-state index contributed by atoms with van der Waals surface area (Å²) < 4.78 is 0. The Balaban J connectivity index is 3.29. The lowest BCUT2D eigenvalue weighted by Crippen LogP contribution is -2.23. The lowest BCUT2D eigenvalue weighted by molar-refractivity contribution is 1.04. The molecule has 0 saturated carbocycles. The van der Waals surface area contributed by atoms with Crippen LogP contribution in [0.25, 0.3) is 0 Å². The number of thiocarbonyl (C=S) groups is 1. The average Bonchev–Trinajstić information content (AvgIpc) is 1.66. The highest BCUT2D eigenvalue weighted by Gasteiger charge is 1.73. The van der Waals surface area contributed by atoms with Crippen LogP contribution in [-0.2, 0) is 0 Å². The average molecular weight is 129 g/mol. The van der Waals surface area contributed by atoms with Crippen LogP contribution in [0.3, 0.4) is 0 Å². The summed E-state index contributed by atoms with van der Waals surface area (Å²) in [6.45, 7) is 3.38. The first-order valence-electron chi connectivity index (χ1n) is 1.97. The van der Waals surface area contributed by atoms with E-state index in [0.717, 1.165) is 0 Å². The van der Waals surface area contributed by atoms with Crippen molar-refractivity contribution in [2.24, 2.45) is 10.8 Å². The molecule has 0 heterocycles. The normalized spacial score (nSPS) is 9.00. The molecule has 8 heavy (non-hydrogen) atoms. The number of nitrogens with two attached hydrogens (primary N) is 1. The first-order chi connectivity index (χ1) is 3.77. The molecule has 0 saturated heterocycles. The molecule has 3 N–H and O–H groups in total. The van der Waals surface area contributed by atoms with E-state index in [0.29, 0.717) is 0 Å². The van der Waals surface area contributed by atoms with Gasteiger partial charge in [0.15, 0.2) is 5.11 Å². The van der Waals surface area contributed by atoms with Gasteiger partial charge in [-0.25, -0.2) is 0 Å². The van der Waals surface area contributed by atoms with Gasteiger partial charge in [-0.1, -0.05) is 6.58 Å². The molecule has 0 unspecified atom stereocenters. The first kappa shape index (κ1) is 7.10. The van der Waals surface area contributed by atoms with Crippen molar-refractivity contribution in [3.63, 3.8) is 0 Å². The van der Waals surface area contributed by atoms with Gasteiger partial charge in [0.1, 0.15) is 0 Å². The van der Waals surface area contributed by atoms with Crippen molar-refractivity contribution in [2.75, 3.05) is 0 Å². The van der Waals surface area contributed by atoms with Crippen molar-refractivity contribution in [3.05, 3.63) is 12.7 Å². The SMILES string of the molecule is C=C/C=N/NC(N)=S. The Bertz CT molecular complexity index is 118. The van der Waals surface area contributed by atoms with Crippen molar-refractivity contribution in [1.29, 1.82) is 0 Å². The molecule has 0 atom stereocenters. The van der Waals surface area contributed by atoms with Crippen LogP contribution < -0.4 is 11.2 Å². The van der Waals surface area contributed by atoms with Crippen LogP contribution in [0, 0.1) is 0 Å². The van der Waals surface area contributed by atoms with E-state index < -0.39 is 0 Å². The van der Waals surface area contributed by atoms with Crippen LogP contribution in [0.1, 0.15) is 0 Å². The molecule has 0 fully saturated rings. The van der Waals surface area contributed by atoms with Crippen molar-refractivity contribution in [3.8, 4) is 0 Å². The predicted molar refractivity (Wildman–Crippen MR) is 38.6 cm³/mol. The van der Waals surface area contributed by atoms with Crippen LogP contribution in [0.4, 0.5) is 0 Å². The molecular formula is C4H7N3S. The standard InChI is InChI=1S/C4H7N3S/c1-2-3-6-7-4(5)8/h2-3H,1H2,(H3,5,7,8)/b6-3+. The van der Waals surface area contributed by atoms with Crippen LogP contribution in [-0.4, -0.2) is 11.3 Å². The summed E-state index contributed by atoms with van der Waals surface area (Å²) in [6, 6.07) is 0. The predicted octanol–water partition coefficient (Wildman–Crippen LogP) is -0.00860. The zero-order valence-electron chi connectivity index (χ0n) is 4.29. The van der Waals surface area contributed by atoms with Crippen molar-refractivity contribution < 1.29 is 0 Å². The van der Waals surface area contributed by atoms with E-state index >= 15 is 0 Å². The number of allylic oxidation sites excluding steroid dienone is 1. The summed E-state index contributed by atoms with van der Waals surface area (Å²) in [6.07, 6.45) is 2.98. The fourth-order valence-electron chi connectivity index (χ4n) is 0.154. The topological polar surface area (TPSA) is 50.4 Å². The highest BCUT2D eigenvalue weighted by atomic mass is 32.1. The maximum absolute atomic E-state index is 5.01. The number of rotatable bonds is 2. The Hall–Kier alpha value is -0.900. The van der Waals surface area contributed by atoms with Crippen LogP contribution in [0.2, 0.25) is 0 Å². The Morgan fingerprint density at radius 3 is 2.88 bits per heavy atom. The zero-order chi connectivity index (χ0) is 6.41. The van der Waals surface area contributed by atoms with Gasteiger partial charge in [0.05, 0.1) is 0 Å². The van der Waals surface area contributed by atoms with Crippen molar-refractivity contribution in [1.82, 2.24) is 5.43 Å². The van der Waals surface area contributed by atoms with Crippen LogP contribution in [0.15, 0.2) is 17.8 Å². The molecule has 0 radical (unpaired) electrons. The lowest BCUT2D eigenvalue weighted by Gasteiger charge is -1.89. The maximum Gasteiger partial charge on any atom is 0.184 e. The minimum Gasteiger partial charge on any atom is -0.375 e. The molecule has 0 aliphatic carbocycles. The second-order valence-corrected chi connectivity index (χ2v) is 1.43. The highest BCUT2D eigenvalue weighted by molar-refractivity contribution is 7.80. The summed E-state index contributed by atoms with van der Waals surface area (Å²) in [4.78, 5) is 0. The number of hydrazone groups is 1. The largest absolute Gasteiger partial charge is 0.375 e. The second-order valence-electron chi connectivity index (χ2n) is 0.990. The van der Waals surface area contributed by atoms with Gasteiger partial charge in [-0.05, 0) is 18.3 Å². The summed E-state index contributed by atoms with van der Waals surface area (Å²) in [7, 11) is 0. The zero-order valence-corrected chi connectivity index (χ0v) is 5.11. The van der Waals surface area contributed by atoms with E-state index in [9.17, 15) is 0 Å². The Morgan fingerprint density at radius 1 is 1.88 bits per heavy atom. The molecule has 0 aromatic carbocycles. The van der Waals surface area contributed by atoms with E-state index in [4.69, 9.17) is 5.73 Å². The number of hydrogen-bond donors (Lipinski definition) is 2. The third kappa shape index (κ3) is 5.10. The van der Waals surface area contributed by atoms with E-state index in [1.807, 2.05) is 0 Å². The van der Waals surface area contributed by atoms with Crippen molar-refractivity contribution >= 4 is 23.5 Å². The van der Waals surface area contributed by atoms with Gasteiger partial charge in [-0.15, -0.1) is 0 Å². The van der Waals surface area contributed by atoms with E-state index in [1.165, 1.54) is 12.3 Å². The highest BCUT2D eigenvalue weighted by Crippen LogP contribution is 1.58. The Kier molecular flexibility index (Phi) is 3.78. The van der Waals surface area contributed by atoms with E-state index in [2.05, 4.69) is 29.3 Å². The van der Waals surface area contributed by atoms with E-state index in [1.54, 1.807) is 0 Å². The third-order valence-corrected chi connectivity index (χ3v) is 0.446. The number of hydrogen-bond acceptors (Lipinski definition) is 2. The Morgan fingerprint density at radius 2 is 2.50 bits per heavy atom. The van der Waals surface area contributed by atoms with Gasteiger partial charge in [-0.2, -0.15) is 5.10 Å². The van der Waals surface area contributed by atoms with Gasteiger partial charge in [0, 0.05) is 6.21 Å². The number of nitrogens with zero attached hydrogens (tertiary/aromatic N) is 1. The molecule has 0 aliphatic rings. The van der Waals surface area contributed by atoms with Crippen LogP contribution in [0.5, 0.6) is 0 Å². The summed E-state index contributed by atoms with van der Waals surface area (Å²) in [5.74, 6) is 0. The van der Waals surface area contributed by atoms with Gasteiger partial charge < -0.3 is 5.73 Å². The van der Waals surface area contributed by atoms with Gasteiger partial charge in [0.2, 0.25) is 0 Å². The fourth-order valence-corrected chi connectivity index (χ4v) is 0.206. The molecular weight excluding hydrogens is 122 g/mol. The molecule has 4 heteroatoms. The minimum atomic E-state index is 0.156. The summed E-state index contributed by atoms with van der Waals surface area (Å²) in [5.41, 5.74) is 7.36. The number of nitrogens with one attached hydrogen (secondary N) is 1. The molecule has 0 amide bonds. The molecule has 3 nitrogen and oxygen atoms in total. The smallest absolute Gasteiger partial charge is 0.184 e. The van der Waals surface area contributed by atoms with Crippen LogP contribution >= 0.6 is 12.2 Å². The molecule has 0 aliphatic heterocycles.